The van der Waals surface area contributed by atoms with E-state index in [1.165, 1.54) is 19.3 Å². The van der Waals surface area contributed by atoms with Gasteiger partial charge in [0, 0.05) is 18.6 Å². The Morgan fingerprint density at radius 3 is 2.60 bits per heavy atom. The molecule has 5 heteroatoms. The molecule has 2 bridgehead atoms. The largest absolute Gasteiger partial charge is 0.491 e. The molecule has 0 saturated heterocycles. The molecule has 0 spiro atoms. The van der Waals surface area contributed by atoms with Crippen LogP contribution in [0.5, 0.6) is 5.75 Å². The third-order valence-electron chi connectivity index (χ3n) is 5.60. The fraction of sp³-hybridized carbons (Fsp3) is 0.650. The van der Waals surface area contributed by atoms with Crippen LogP contribution in [-0.4, -0.2) is 50.1 Å². The summed E-state index contributed by atoms with van der Waals surface area (Å²) in [6.45, 7) is 1.39. The van der Waals surface area contributed by atoms with Gasteiger partial charge in [-0.15, -0.1) is 0 Å². The molecule has 0 radical (unpaired) electrons. The number of nitrogens with two attached hydrogens (primary N) is 1. The summed E-state index contributed by atoms with van der Waals surface area (Å²) in [5.41, 5.74) is 6.83. The summed E-state index contributed by atoms with van der Waals surface area (Å²) in [5, 5.41) is 3.31. The lowest BCUT2D eigenvalue weighted by molar-refractivity contribution is 0.0752. The van der Waals surface area contributed by atoms with E-state index in [0.717, 1.165) is 19.4 Å². The van der Waals surface area contributed by atoms with E-state index in [1.54, 1.807) is 0 Å². The molecule has 3 N–H and O–H groups in total. The predicted molar refractivity (Wildman–Crippen MR) is 99.8 cm³/mol. The molecule has 2 aliphatic rings. The Hall–Kier alpha value is -1.59. The van der Waals surface area contributed by atoms with Gasteiger partial charge in [0.15, 0.2) is 0 Å². The molecule has 0 heterocycles. The van der Waals surface area contributed by atoms with E-state index in [2.05, 4.69) is 10.2 Å². The fourth-order valence-corrected chi connectivity index (χ4v) is 4.37. The van der Waals surface area contributed by atoms with Gasteiger partial charge in [-0.25, -0.2) is 0 Å². The SMILES string of the molecule is CN(C)CCOc1ccccc1C(=O)NC1C2CCCC1CC(N)C2. The fourth-order valence-electron chi connectivity index (χ4n) is 4.37. The monoisotopic (exact) mass is 345 g/mol. The number of amides is 1. The summed E-state index contributed by atoms with van der Waals surface area (Å²) in [6.07, 6.45) is 5.68. The number of hydrogen-bond donors (Lipinski definition) is 2. The second kappa shape index (κ2) is 8.19. The van der Waals surface area contributed by atoms with Gasteiger partial charge >= 0.3 is 0 Å². The molecule has 2 aliphatic carbocycles. The molecule has 2 saturated carbocycles. The molecule has 1 aromatic rings. The van der Waals surface area contributed by atoms with E-state index < -0.39 is 0 Å². The molecule has 25 heavy (non-hydrogen) atoms. The Labute approximate surface area is 150 Å². The Morgan fingerprint density at radius 2 is 1.92 bits per heavy atom. The summed E-state index contributed by atoms with van der Waals surface area (Å²) in [4.78, 5) is 15.0. The van der Waals surface area contributed by atoms with Crippen molar-refractivity contribution in [2.45, 2.75) is 44.2 Å². The molecular formula is C20H31N3O2. The van der Waals surface area contributed by atoms with Gasteiger partial charge in [0.05, 0.1) is 5.56 Å². The lowest BCUT2D eigenvalue weighted by Crippen LogP contribution is -2.53. The average molecular weight is 345 g/mol. The molecular weight excluding hydrogens is 314 g/mol. The average Bonchev–Trinajstić information content (AvgIpc) is 2.56. The molecule has 0 aliphatic heterocycles. The molecule has 2 atom stereocenters. The van der Waals surface area contributed by atoms with E-state index in [9.17, 15) is 4.79 Å². The molecule has 2 unspecified atom stereocenters. The molecule has 0 aromatic heterocycles. The molecule has 138 valence electrons. The number of carbonyl (C=O) groups excluding carboxylic acids is 1. The second-order valence-electron chi connectivity index (χ2n) is 7.83. The third-order valence-corrected chi connectivity index (χ3v) is 5.60. The van der Waals surface area contributed by atoms with Crippen LogP contribution in [0.15, 0.2) is 24.3 Å². The highest BCUT2D eigenvalue weighted by molar-refractivity contribution is 5.97. The van der Waals surface area contributed by atoms with Crippen molar-refractivity contribution in [2.24, 2.45) is 17.6 Å². The van der Waals surface area contributed by atoms with Crippen LogP contribution in [0.3, 0.4) is 0 Å². The van der Waals surface area contributed by atoms with Gasteiger partial charge in [-0.3, -0.25) is 4.79 Å². The number of benzene rings is 1. The number of nitrogens with one attached hydrogen (secondary N) is 1. The smallest absolute Gasteiger partial charge is 0.255 e. The zero-order valence-electron chi connectivity index (χ0n) is 15.4. The Morgan fingerprint density at radius 1 is 1.24 bits per heavy atom. The van der Waals surface area contributed by atoms with Crippen molar-refractivity contribution in [1.82, 2.24) is 10.2 Å². The quantitative estimate of drug-likeness (QED) is 0.830. The van der Waals surface area contributed by atoms with Gasteiger partial charge in [-0.1, -0.05) is 18.6 Å². The van der Waals surface area contributed by atoms with E-state index >= 15 is 0 Å². The van der Waals surface area contributed by atoms with Gasteiger partial charge in [0.25, 0.3) is 5.91 Å². The minimum absolute atomic E-state index is 0.0159. The summed E-state index contributed by atoms with van der Waals surface area (Å²) >= 11 is 0. The van der Waals surface area contributed by atoms with Gasteiger partial charge < -0.3 is 20.7 Å². The van der Waals surface area contributed by atoms with Crippen LogP contribution in [0.1, 0.15) is 42.5 Å². The highest BCUT2D eigenvalue weighted by Gasteiger charge is 2.40. The zero-order chi connectivity index (χ0) is 17.8. The van der Waals surface area contributed by atoms with Crippen molar-refractivity contribution < 1.29 is 9.53 Å². The number of ether oxygens (including phenoxy) is 1. The number of rotatable bonds is 6. The summed E-state index contributed by atoms with van der Waals surface area (Å²) in [7, 11) is 4.02. The number of fused-ring (bicyclic) bond motifs is 2. The van der Waals surface area contributed by atoms with E-state index in [0.29, 0.717) is 35.8 Å². The third kappa shape index (κ3) is 4.53. The highest BCUT2D eigenvalue weighted by atomic mass is 16.5. The Bertz CT molecular complexity index is 576. The van der Waals surface area contributed by atoms with Gasteiger partial charge in [-0.2, -0.15) is 0 Å². The van der Waals surface area contributed by atoms with E-state index in [4.69, 9.17) is 10.5 Å². The highest BCUT2D eigenvalue weighted by Crippen LogP contribution is 2.39. The van der Waals surface area contributed by atoms with Gasteiger partial charge in [0.2, 0.25) is 0 Å². The molecule has 1 aromatic carbocycles. The van der Waals surface area contributed by atoms with Crippen LogP contribution in [0.2, 0.25) is 0 Å². The van der Waals surface area contributed by atoms with E-state index in [1.807, 2.05) is 38.4 Å². The summed E-state index contributed by atoms with van der Waals surface area (Å²) in [5.74, 6) is 1.69. The first kappa shape index (κ1) is 18.2. The summed E-state index contributed by atoms with van der Waals surface area (Å²) in [6, 6.07) is 8.09. The van der Waals surface area contributed by atoms with Crippen LogP contribution in [0.25, 0.3) is 0 Å². The molecule has 1 amide bonds. The minimum Gasteiger partial charge on any atom is -0.491 e. The Balaban J connectivity index is 1.67. The standard InChI is InChI=1S/C20H31N3O2/c1-23(2)10-11-25-18-9-4-3-8-17(18)20(24)22-19-14-6-5-7-15(19)13-16(21)12-14/h3-4,8-9,14-16,19H,5-7,10-13,21H2,1-2H3,(H,22,24). The van der Waals surface area contributed by atoms with Gasteiger partial charge in [0.1, 0.15) is 12.4 Å². The maximum atomic E-state index is 12.9. The van der Waals surface area contributed by atoms with Crippen LogP contribution < -0.4 is 15.8 Å². The van der Waals surface area contributed by atoms with Crippen LogP contribution in [-0.2, 0) is 0 Å². The molecule has 2 fully saturated rings. The number of para-hydroxylation sites is 1. The number of nitrogens with zero attached hydrogens (tertiary/aromatic N) is 1. The van der Waals surface area contributed by atoms with E-state index in [-0.39, 0.29) is 11.9 Å². The van der Waals surface area contributed by atoms with Crippen LogP contribution in [0.4, 0.5) is 0 Å². The first-order valence-electron chi connectivity index (χ1n) is 9.47. The number of carbonyl (C=O) groups is 1. The number of hydrogen-bond acceptors (Lipinski definition) is 4. The maximum absolute atomic E-state index is 12.9. The van der Waals surface area contributed by atoms with Crippen LogP contribution >= 0.6 is 0 Å². The molecule has 5 nitrogen and oxygen atoms in total. The summed E-state index contributed by atoms with van der Waals surface area (Å²) < 4.78 is 5.85. The second-order valence-corrected chi connectivity index (χ2v) is 7.83. The van der Waals surface area contributed by atoms with Crippen molar-refractivity contribution in [2.75, 3.05) is 27.2 Å². The van der Waals surface area contributed by atoms with Crippen molar-refractivity contribution in [3.05, 3.63) is 29.8 Å². The maximum Gasteiger partial charge on any atom is 0.255 e. The molecule has 3 rings (SSSR count). The zero-order valence-corrected chi connectivity index (χ0v) is 15.4. The minimum atomic E-state index is -0.0159. The first-order chi connectivity index (χ1) is 12.0. The first-order valence-corrected chi connectivity index (χ1v) is 9.47. The topological polar surface area (TPSA) is 67.6 Å². The van der Waals surface area contributed by atoms with Gasteiger partial charge in [-0.05, 0) is 63.7 Å². The van der Waals surface area contributed by atoms with Crippen LogP contribution in [0, 0.1) is 11.8 Å². The predicted octanol–water partition coefficient (Wildman–Crippen LogP) is 2.26. The van der Waals surface area contributed by atoms with Crippen molar-refractivity contribution >= 4 is 5.91 Å². The van der Waals surface area contributed by atoms with Crippen molar-refractivity contribution in [1.29, 1.82) is 0 Å². The Kier molecular flexibility index (Phi) is 5.97. The lowest BCUT2D eigenvalue weighted by atomic mass is 9.67. The van der Waals surface area contributed by atoms with Crippen molar-refractivity contribution in [3.63, 3.8) is 0 Å². The normalized spacial score (nSPS) is 28.6. The lowest BCUT2D eigenvalue weighted by Gasteiger charge is -2.45. The van der Waals surface area contributed by atoms with Crippen molar-refractivity contribution in [3.8, 4) is 5.75 Å². The number of likely N-dealkylation sites (N-methyl/N-ethyl adjacent to an activating group) is 1.